The Labute approximate surface area is 156 Å². The first-order valence-electron chi connectivity index (χ1n) is 8.60. The summed E-state index contributed by atoms with van der Waals surface area (Å²) in [6, 6.07) is 9.80. The van der Waals surface area contributed by atoms with Crippen LogP contribution in [0.5, 0.6) is 5.75 Å². The Morgan fingerprint density at radius 2 is 1.89 bits per heavy atom. The summed E-state index contributed by atoms with van der Waals surface area (Å²) in [5.41, 5.74) is 0.454. The van der Waals surface area contributed by atoms with Crippen molar-refractivity contribution in [2.75, 3.05) is 13.2 Å². The van der Waals surface area contributed by atoms with Gasteiger partial charge in [-0.05, 0) is 37.6 Å². The fourth-order valence-corrected chi connectivity index (χ4v) is 2.34. The van der Waals surface area contributed by atoms with E-state index in [1.165, 1.54) is 12.1 Å². The maximum Gasteiger partial charge on any atom is 0.371 e. The van der Waals surface area contributed by atoms with E-state index in [1.807, 2.05) is 6.92 Å². The molecule has 2 aromatic rings. The number of benzene rings is 1. The minimum Gasteiger partial charge on any atom is -0.493 e. The van der Waals surface area contributed by atoms with Crippen LogP contribution < -0.4 is 15.4 Å². The smallest absolute Gasteiger partial charge is 0.371 e. The number of carboxylic acids is 1. The zero-order chi connectivity index (χ0) is 19.6. The van der Waals surface area contributed by atoms with Crippen LogP contribution in [-0.4, -0.2) is 36.0 Å². The van der Waals surface area contributed by atoms with E-state index >= 15 is 0 Å². The van der Waals surface area contributed by atoms with Crippen LogP contribution in [0.3, 0.4) is 0 Å². The van der Waals surface area contributed by atoms with Crippen molar-refractivity contribution in [3.63, 3.8) is 0 Å². The van der Waals surface area contributed by atoms with E-state index in [9.17, 15) is 14.4 Å². The first-order valence-corrected chi connectivity index (χ1v) is 8.60. The zero-order valence-corrected chi connectivity index (χ0v) is 15.0. The molecule has 1 aromatic heterocycles. The number of hydrogen-bond acceptors (Lipinski definition) is 5. The summed E-state index contributed by atoms with van der Waals surface area (Å²) in [5, 5.41) is 14.2. The van der Waals surface area contributed by atoms with Gasteiger partial charge in [0.25, 0.3) is 5.91 Å². The molecule has 0 fully saturated rings. The second-order valence-electron chi connectivity index (χ2n) is 5.64. The van der Waals surface area contributed by atoms with Crippen molar-refractivity contribution < 1.29 is 28.6 Å². The van der Waals surface area contributed by atoms with E-state index < -0.39 is 5.97 Å². The summed E-state index contributed by atoms with van der Waals surface area (Å²) in [6.07, 6.45) is 0.687. The van der Waals surface area contributed by atoms with E-state index in [1.54, 1.807) is 24.3 Å². The van der Waals surface area contributed by atoms with Crippen LogP contribution in [-0.2, 0) is 11.3 Å². The molecule has 8 nitrogen and oxygen atoms in total. The second kappa shape index (κ2) is 10.0. The minimum atomic E-state index is -1.16. The fraction of sp³-hybridized carbons (Fsp3) is 0.316. The van der Waals surface area contributed by atoms with Gasteiger partial charge in [-0.25, -0.2) is 4.79 Å². The highest BCUT2D eigenvalue weighted by molar-refractivity contribution is 5.96. The van der Waals surface area contributed by atoms with Crippen molar-refractivity contribution in [2.45, 2.75) is 26.3 Å². The fourth-order valence-electron chi connectivity index (χ4n) is 2.34. The van der Waals surface area contributed by atoms with Crippen molar-refractivity contribution in [3.8, 4) is 5.75 Å². The Balaban J connectivity index is 1.69. The molecule has 0 saturated carbocycles. The molecule has 0 spiro atoms. The number of nitrogens with one attached hydrogen (secondary N) is 2. The number of furan rings is 1. The van der Waals surface area contributed by atoms with Gasteiger partial charge >= 0.3 is 5.97 Å². The molecular weight excluding hydrogens is 352 g/mol. The predicted octanol–water partition coefficient (Wildman–Crippen LogP) is 2.20. The van der Waals surface area contributed by atoms with Crippen molar-refractivity contribution >= 4 is 17.8 Å². The highest BCUT2D eigenvalue weighted by Gasteiger charge is 2.12. The second-order valence-corrected chi connectivity index (χ2v) is 5.64. The summed E-state index contributed by atoms with van der Waals surface area (Å²) >= 11 is 0. The molecule has 0 saturated heterocycles. The lowest BCUT2D eigenvalue weighted by Gasteiger charge is -2.10. The third-order valence-electron chi connectivity index (χ3n) is 3.63. The molecule has 0 bridgehead atoms. The van der Waals surface area contributed by atoms with Gasteiger partial charge in [-0.2, -0.15) is 0 Å². The Hall–Kier alpha value is -3.29. The van der Waals surface area contributed by atoms with Crippen LogP contribution in [0.2, 0.25) is 0 Å². The summed E-state index contributed by atoms with van der Waals surface area (Å²) in [4.78, 5) is 34.7. The van der Waals surface area contributed by atoms with E-state index in [0.29, 0.717) is 36.6 Å². The molecule has 1 aromatic carbocycles. The average Bonchev–Trinajstić information content (AvgIpc) is 3.13. The molecular formula is C19H22N2O6. The number of carbonyl (C=O) groups excluding carboxylic acids is 2. The van der Waals surface area contributed by atoms with Crippen LogP contribution >= 0.6 is 0 Å². The molecule has 2 rings (SSSR count). The quantitative estimate of drug-likeness (QED) is 0.549. The van der Waals surface area contributed by atoms with Gasteiger partial charge in [0, 0.05) is 13.0 Å². The van der Waals surface area contributed by atoms with Gasteiger partial charge in [0.1, 0.15) is 11.5 Å². The Bertz CT molecular complexity index is 799. The monoisotopic (exact) mass is 374 g/mol. The Kier molecular flexibility index (Phi) is 7.42. The number of rotatable bonds is 10. The molecule has 0 aliphatic heterocycles. The molecule has 144 valence electrons. The Morgan fingerprint density at radius 3 is 2.59 bits per heavy atom. The average molecular weight is 374 g/mol. The molecule has 3 N–H and O–H groups in total. The lowest BCUT2D eigenvalue weighted by Crippen LogP contribution is -2.27. The number of para-hydroxylation sites is 1. The lowest BCUT2D eigenvalue weighted by atomic mass is 10.2. The van der Waals surface area contributed by atoms with E-state index in [2.05, 4.69) is 10.6 Å². The van der Waals surface area contributed by atoms with Crippen LogP contribution in [0.25, 0.3) is 0 Å². The largest absolute Gasteiger partial charge is 0.493 e. The summed E-state index contributed by atoms with van der Waals surface area (Å²) < 4.78 is 10.5. The molecule has 8 heteroatoms. The summed E-state index contributed by atoms with van der Waals surface area (Å²) in [7, 11) is 0. The number of amides is 2. The topological polar surface area (TPSA) is 118 Å². The molecule has 0 aliphatic rings. The van der Waals surface area contributed by atoms with E-state index in [0.717, 1.165) is 0 Å². The highest BCUT2D eigenvalue weighted by atomic mass is 16.5. The minimum absolute atomic E-state index is 0.111. The molecule has 2 amide bonds. The van der Waals surface area contributed by atoms with Crippen LogP contribution in [0.4, 0.5) is 0 Å². The predicted molar refractivity (Wildman–Crippen MR) is 96.7 cm³/mol. The maximum absolute atomic E-state index is 12.2. The third kappa shape index (κ3) is 6.18. The highest BCUT2D eigenvalue weighted by Crippen LogP contribution is 2.17. The van der Waals surface area contributed by atoms with E-state index in [4.69, 9.17) is 14.3 Å². The standard InChI is InChI=1S/C19H22N2O6/c1-2-26-15-7-4-3-6-14(15)18(23)20-11-5-8-17(22)21-12-13-9-10-16(27-13)19(24)25/h3-4,6-7,9-10H,2,5,8,11-12H2,1H3,(H,20,23)(H,21,22)(H,24,25). The summed E-state index contributed by atoms with van der Waals surface area (Å²) in [6.45, 7) is 2.77. The number of aromatic carboxylic acids is 1. The number of carboxylic acid groups (broad SMARTS) is 1. The maximum atomic E-state index is 12.2. The van der Waals surface area contributed by atoms with Gasteiger partial charge in [-0.15, -0.1) is 0 Å². The molecule has 27 heavy (non-hydrogen) atoms. The molecule has 0 aliphatic carbocycles. The van der Waals surface area contributed by atoms with Crippen molar-refractivity contribution in [3.05, 3.63) is 53.5 Å². The van der Waals surface area contributed by atoms with E-state index in [-0.39, 0.29) is 30.5 Å². The molecule has 0 atom stereocenters. The van der Waals surface area contributed by atoms with Crippen LogP contribution in [0.1, 0.15) is 46.4 Å². The van der Waals surface area contributed by atoms with Crippen LogP contribution in [0.15, 0.2) is 40.8 Å². The van der Waals surface area contributed by atoms with Gasteiger partial charge in [-0.1, -0.05) is 12.1 Å². The van der Waals surface area contributed by atoms with Gasteiger partial charge in [-0.3, -0.25) is 9.59 Å². The number of hydrogen-bond donors (Lipinski definition) is 3. The first kappa shape index (κ1) is 20.0. The van der Waals surface area contributed by atoms with Crippen molar-refractivity contribution in [1.29, 1.82) is 0 Å². The normalized spacial score (nSPS) is 10.3. The van der Waals surface area contributed by atoms with Crippen molar-refractivity contribution in [2.24, 2.45) is 0 Å². The van der Waals surface area contributed by atoms with Crippen LogP contribution in [0, 0.1) is 0 Å². The third-order valence-corrected chi connectivity index (χ3v) is 3.63. The first-order chi connectivity index (χ1) is 13.0. The lowest BCUT2D eigenvalue weighted by molar-refractivity contribution is -0.121. The van der Waals surface area contributed by atoms with Gasteiger partial charge in [0.2, 0.25) is 11.7 Å². The summed E-state index contributed by atoms with van der Waals surface area (Å²) in [5.74, 6) is -0.914. The number of carbonyl (C=O) groups is 3. The molecule has 1 heterocycles. The SMILES string of the molecule is CCOc1ccccc1C(=O)NCCCC(=O)NCc1ccc(C(=O)O)o1. The van der Waals surface area contributed by atoms with Gasteiger partial charge in [0.05, 0.1) is 18.7 Å². The van der Waals surface area contributed by atoms with Gasteiger partial charge in [0.15, 0.2) is 0 Å². The Morgan fingerprint density at radius 1 is 1.11 bits per heavy atom. The molecule has 0 radical (unpaired) electrons. The number of ether oxygens (including phenoxy) is 1. The zero-order valence-electron chi connectivity index (χ0n) is 15.0. The van der Waals surface area contributed by atoms with Crippen molar-refractivity contribution in [1.82, 2.24) is 10.6 Å². The van der Waals surface area contributed by atoms with Gasteiger partial charge < -0.3 is 24.9 Å². The molecule has 0 unspecified atom stereocenters.